The number of ether oxygens (including phenoxy) is 1. The quantitative estimate of drug-likeness (QED) is 0.637. The number of hydrogen-bond donors (Lipinski definition) is 0. The molecule has 0 bridgehead atoms. The lowest BCUT2D eigenvalue weighted by Gasteiger charge is -2.38. The fraction of sp³-hybridized carbons (Fsp3) is 0.520. The number of thiophene rings is 1. The fourth-order valence-corrected chi connectivity index (χ4v) is 5.03. The molecule has 0 N–H and O–H groups in total. The van der Waals surface area contributed by atoms with E-state index in [2.05, 4.69) is 30.5 Å². The molecule has 1 unspecified atom stereocenters. The van der Waals surface area contributed by atoms with Crippen molar-refractivity contribution < 1.29 is 14.3 Å². The van der Waals surface area contributed by atoms with E-state index >= 15 is 0 Å². The van der Waals surface area contributed by atoms with Gasteiger partial charge in [-0.05, 0) is 46.9 Å². The van der Waals surface area contributed by atoms with E-state index in [1.165, 1.54) is 16.0 Å². The van der Waals surface area contributed by atoms with Crippen molar-refractivity contribution in [3.63, 3.8) is 0 Å². The van der Waals surface area contributed by atoms with Crippen molar-refractivity contribution in [2.24, 2.45) is 5.41 Å². The van der Waals surface area contributed by atoms with Crippen LogP contribution < -0.4 is 0 Å². The molecule has 0 spiro atoms. The summed E-state index contributed by atoms with van der Waals surface area (Å²) in [7, 11) is 1.62. The molecular formula is C25H34N2O3S. The third-order valence-electron chi connectivity index (χ3n) is 5.70. The van der Waals surface area contributed by atoms with Gasteiger partial charge in [0, 0.05) is 31.5 Å². The lowest BCUT2D eigenvalue weighted by Crippen LogP contribution is -2.48. The summed E-state index contributed by atoms with van der Waals surface area (Å²) in [4.78, 5) is 31.5. The van der Waals surface area contributed by atoms with Crippen molar-refractivity contribution in [2.75, 3.05) is 33.4 Å². The molecule has 1 atom stereocenters. The maximum Gasteiger partial charge on any atom is 0.242 e. The van der Waals surface area contributed by atoms with Crippen LogP contribution in [0.2, 0.25) is 0 Å². The van der Waals surface area contributed by atoms with Gasteiger partial charge in [0.15, 0.2) is 0 Å². The van der Waals surface area contributed by atoms with Crippen molar-refractivity contribution in [1.29, 1.82) is 0 Å². The second kappa shape index (κ2) is 9.96. The fourth-order valence-electron chi connectivity index (χ4n) is 4.13. The molecule has 1 aliphatic heterocycles. The summed E-state index contributed by atoms with van der Waals surface area (Å²) in [6.07, 6.45) is 1.26. The summed E-state index contributed by atoms with van der Waals surface area (Å²) in [5.41, 5.74) is 3.40. The van der Waals surface area contributed by atoms with Crippen LogP contribution in [0.25, 0.3) is 0 Å². The second-order valence-electron chi connectivity index (χ2n) is 9.44. The third-order valence-corrected chi connectivity index (χ3v) is 6.69. The van der Waals surface area contributed by atoms with Crippen LogP contribution >= 0.6 is 11.3 Å². The molecule has 6 heteroatoms. The molecule has 2 aromatic rings. The van der Waals surface area contributed by atoms with E-state index in [0.717, 1.165) is 12.0 Å². The van der Waals surface area contributed by atoms with Crippen molar-refractivity contribution in [1.82, 2.24) is 9.80 Å². The van der Waals surface area contributed by atoms with E-state index in [1.54, 1.807) is 23.3 Å². The summed E-state index contributed by atoms with van der Waals surface area (Å²) < 4.78 is 5.20. The minimum atomic E-state index is -0.133. The number of amides is 2. The largest absolute Gasteiger partial charge is 0.383 e. The third kappa shape index (κ3) is 5.74. The number of benzene rings is 1. The summed E-state index contributed by atoms with van der Waals surface area (Å²) in [5, 5.41) is 2.11. The highest BCUT2D eigenvalue weighted by atomic mass is 32.1. The molecule has 0 saturated heterocycles. The first-order valence-electron chi connectivity index (χ1n) is 10.9. The lowest BCUT2D eigenvalue weighted by molar-refractivity contribution is -0.143. The maximum absolute atomic E-state index is 13.6. The van der Waals surface area contributed by atoms with E-state index in [9.17, 15) is 9.59 Å². The highest BCUT2D eigenvalue weighted by molar-refractivity contribution is 7.10. The average Bonchev–Trinajstić information content (AvgIpc) is 3.18. The van der Waals surface area contributed by atoms with Crippen LogP contribution in [0, 0.1) is 12.3 Å². The maximum atomic E-state index is 13.6. The van der Waals surface area contributed by atoms with Gasteiger partial charge >= 0.3 is 0 Å². The summed E-state index contributed by atoms with van der Waals surface area (Å²) in [6.45, 7) is 9.80. The Morgan fingerprint density at radius 1 is 1.19 bits per heavy atom. The molecule has 2 amide bonds. The molecule has 2 heterocycles. The SMILES string of the molecule is COCCN(CC(=O)N1CCc2sccc2C1c1ccccc1C)C(=O)CC(C)(C)C. The smallest absolute Gasteiger partial charge is 0.242 e. The first-order chi connectivity index (χ1) is 14.7. The molecule has 3 rings (SSSR count). The molecular weight excluding hydrogens is 408 g/mol. The van der Waals surface area contributed by atoms with Crippen LogP contribution in [0.4, 0.5) is 0 Å². The molecule has 1 aromatic carbocycles. The zero-order valence-corrected chi connectivity index (χ0v) is 20.1. The Hall–Kier alpha value is -2.18. The predicted octanol–water partition coefficient (Wildman–Crippen LogP) is 4.44. The van der Waals surface area contributed by atoms with Crippen molar-refractivity contribution in [3.05, 3.63) is 57.3 Å². The van der Waals surface area contributed by atoms with E-state index < -0.39 is 0 Å². The Kier molecular flexibility index (Phi) is 7.55. The molecule has 0 saturated carbocycles. The standard InChI is InChI=1S/C25H34N2O3S/c1-18-8-6-7-9-19(18)24-20-11-15-31-21(20)10-12-27(24)23(29)17-26(13-14-30-5)22(28)16-25(2,3)4/h6-9,11,15,24H,10,12-14,16-17H2,1-5H3. The predicted molar refractivity (Wildman–Crippen MR) is 125 cm³/mol. The Morgan fingerprint density at radius 2 is 1.94 bits per heavy atom. The Balaban J connectivity index is 1.87. The van der Waals surface area contributed by atoms with E-state index in [4.69, 9.17) is 4.74 Å². The molecule has 0 radical (unpaired) electrons. The molecule has 1 aromatic heterocycles. The van der Waals surface area contributed by atoms with E-state index in [1.807, 2.05) is 37.8 Å². The van der Waals surface area contributed by atoms with Gasteiger partial charge in [0.25, 0.3) is 0 Å². The lowest BCUT2D eigenvalue weighted by atomic mass is 9.90. The topological polar surface area (TPSA) is 49.9 Å². The van der Waals surface area contributed by atoms with Crippen LogP contribution in [-0.2, 0) is 20.7 Å². The second-order valence-corrected chi connectivity index (χ2v) is 10.4. The van der Waals surface area contributed by atoms with Crippen molar-refractivity contribution >= 4 is 23.2 Å². The number of carbonyl (C=O) groups excluding carboxylic acids is 2. The molecule has 0 fully saturated rings. The highest BCUT2D eigenvalue weighted by Crippen LogP contribution is 2.39. The van der Waals surface area contributed by atoms with Gasteiger partial charge in [-0.3, -0.25) is 9.59 Å². The Bertz CT molecular complexity index is 915. The summed E-state index contributed by atoms with van der Waals surface area (Å²) >= 11 is 1.76. The van der Waals surface area contributed by atoms with Crippen LogP contribution in [0.5, 0.6) is 0 Å². The molecule has 31 heavy (non-hydrogen) atoms. The van der Waals surface area contributed by atoms with Gasteiger partial charge in [0.2, 0.25) is 11.8 Å². The number of rotatable bonds is 7. The normalized spacial score (nSPS) is 16.2. The highest BCUT2D eigenvalue weighted by Gasteiger charge is 2.34. The van der Waals surface area contributed by atoms with Gasteiger partial charge in [0.1, 0.15) is 0 Å². The van der Waals surface area contributed by atoms with Gasteiger partial charge < -0.3 is 14.5 Å². The van der Waals surface area contributed by atoms with Gasteiger partial charge in [-0.1, -0.05) is 45.0 Å². The van der Waals surface area contributed by atoms with Gasteiger partial charge in [0.05, 0.1) is 19.2 Å². The van der Waals surface area contributed by atoms with Crippen LogP contribution in [0.3, 0.4) is 0 Å². The number of carbonyl (C=O) groups is 2. The minimum absolute atomic E-state index is 0.00132. The summed E-state index contributed by atoms with van der Waals surface area (Å²) in [6, 6.07) is 10.3. The zero-order valence-electron chi connectivity index (χ0n) is 19.3. The van der Waals surface area contributed by atoms with E-state index in [-0.39, 0.29) is 29.8 Å². The molecule has 5 nitrogen and oxygen atoms in total. The Labute approximate surface area is 190 Å². The van der Waals surface area contributed by atoms with Crippen LogP contribution in [0.15, 0.2) is 35.7 Å². The van der Waals surface area contributed by atoms with Crippen LogP contribution in [-0.4, -0.2) is 55.0 Å². The Morgan fingerprint density at radius 3 is 2.61 bits per heavy atom. The molecule has 0 aliphatic carbocycles. The number of methoxy groups -OCH3 is 1. The number of nitrogens with zero attached hydrogens (tertiary/aromatic N) is 2. The summed E-state index contributed by atoms with van der Waals surface area (Å²) in [5.74, 6) is -0.0120. The first kappa shape index (κ1) is 23.5. The monoisotopic (exact) mass is 442 g/mol. The number of fused-ring (bicyclic) bond motifs is 1. The van der Waals surface area contributed by atoms with Gasteiger partial charge in [-0.2, -0.15) is 0 Å². The first-order valence-corrected chi connectivity index (χ1v) is 11.8. The molecule has 168 valence electrons. The number of aryl methyl sites for hydroxylation is 1. The molecule has 1 aliphatic rings. The number of hydrogen-bond acceptors (Lipinski definition) is 4. The van der Waals surface area contributed by atoms with Crippen molar-refractivity contribution in [3.8, 4) is 0 Å². The van der Waals surface area contributed by atoms with Crippen LogP contribution in [0.1, 0.15) is 54.8 Å². The average molecular weight is 443 g/mol. The van der Waals surface area contributed by atoms with Crippen molar-refractivity contribution in [2.45, 2.75) is 46.6 Å². The zero-order chi connectivity index (χ0) is 22.6. The minimum Gasteiger partial charge on any atom is -0.383 e. The van der Waals surface area contributed by atoms with Gasteiger partial charge in [-0.25, -0.2) is 0 Å². The van der Waals surface area contributed by atoms with Gasteiger partial charge in [-0.15, -0.1) is 11.3 Å². The van der Waals surface area contributed by atoms with E-state index in [0.29, 0.717) is 26.1 Å².